The number of aryl methyl sites for hydroxylation is 1. The standard InChI is InChI=1S/C15H23N3O2S/c1-3-4-14-16-13(10-21-14)15(19)18-6-11-5-17(2)7-12(18)9-20-8-11/h10-12H,3-9H2,1-2H3/t11-,12-/m0/s1. The Morgan fingerprint density at radius 1 is 1.43 bits per heavy atom. The Morgan fingerprint density at radius 3 is 3.10 bits per heavy atom. The van der Waals surface area contributed by atoms with Crippen molar-refractivity contribution in [1.29, 1.82) is 0 Å². The van der Waals surface area contributed by atoms with Crippen LogP contribution < -0.4 is 0 Å². The first-order valence-electron chi connectivity index (χ1n) is 7.69. The first kappa shape index (κ1) is 14.9. The van der Waals surface area contributed by atoms with Crippen LogP contribution in [-0.4, -0.2) is 66.6 Å². The van der Waals surface area contributed by atoms with Crippen LogP contribution in [0.25, 0.3) is 0 Å². The number of thiazole rings is 1. The fraction of sp³-hybridized carbons (Fsp3) is 0.733. The number of ether oxygens (including phenoxy) is 1. The van der Waals surface area contributed by atoms with Gasteiger partial charge in [0, 0.05) is 30.9 Å². The van der Waals surface area contributed by atoms with E-state index < -0.39 is 0 Å². The maximum atomic E-state index is 12.8. The minimum absolute atomic E-state index is 0.0735. The van der Waals surface area contributed by atoms with E-state index in [0.29, 0.717) is 18.2 Å². The molecule has 3 rings (SSSR count). The van der Waals surface area contributed by atoms with E-state index in [1.165, 1.54) is 0 Å². The van der Waals surface area contributed by atoms with E-state index in [2.05, 4.69) is 23.9 Å². The molecule has 2 saturated heterocycles. The quantitative estimate of drug-likeness (QED) is 0.849. The lowest BCUT2D eigenvalue weighted by atomic mass is 10.1. The van der Waals surface area contributed by atoms with E-state index in [4.69, 9.17) is 4.74 Å². The Labute approximate surface area is 129 Å². The number of fused-ring (bicyclic) bond motifs is 3. The molecule has 116 valence electrons. The summed E-state index contributed by atoms with van der Waals surface area (Å²) in [4.78, 5) is 21.6. The number of aromatic nitrogens is 1. The SMILES string of the molecule is CCCc1nc(C(=O)N2C[C@H]3COC[C@@H]2CN(C)C3)cs1. The van der Waals surface area contributed by atoms with Crippen LogP contribution in [0, 0.1) is 5.92 Å². The second kappa shape index (κ2) is 6.42. The van der Waals surface area contributed by atoms with Crippen molar-refractivity contribution < 1.29 is 9.53 Å². The number of amides is 1. The van der Waals surface area contributed by atoms with Crippen molar-refractivity contribution in [1.82, 2.24) is 14.8 Å². The van der Waals surface area contributed by atoms with Crippen molar-refractivity contribution in [3.63, 3.8) is 0 Å². The van der Waals surface area contributed by atoms with Crippen molar-refractivity contribution in [2.45, 2.75) is 25.8 Å². The minimum Gasteiger partial charge on any atom is -0.379 e. The van der Waals surface area contributed by atoms with Crippen LogP contribution >= 0.6 is 11.3 Å². The lowest BCUT2D eigenvalue weighted by molar-refractivity contribution is 0.0480. The molecule has 2 fully saturated rings. The van der Waals surface area contributed by atoms with Gasteiger partial charge in [-0.3, -0.25) is 4.79 Å². The van der Waals surface area contributed by atoms with Gasteiger partial charge in [-0.1, -0.05) is 6.92 Å². The van der Waals surface area contributed by atoms with Crippen LogP contribution in [0.1, 0.15) is 28.8 Å². The molecule has 0 aliphatic carbocycles. The van der Waals surface area contributed by atoms with Gasteiger partial charge < -0.3 is 14.5 Å². The van der Waals surface area contributed by atoms with Gasteiger partial charge in [0.1, 0.15) is 5.69 Å². The van der Waals surface area contributed by atoms with Crippen LogP contribution in [0.15, 0.2) is 5.38 Å². The fourth-order valence-corrected chi connectivity index (χ4v) is 4.09. The molecule has 1 amide bonds. The largest absolute Gasteiger partial charge is 0.379 e. The van der Waals surface area contributed by atoms with Gasteiger partial charge >= 0.3 is 0 Å². The summed E-state index contributed by atoms with van der Waals surface area (Å²) in [6, 6.07) is 0.145. The molecule has 2 aliphatic heterocycles. The van der Waals surface area contributed by atoms with Gasteiger partial charge in [-0.25, -0.2) is 4.98 Å². The van der Waals surface area contributed by atoms with Crippen LogP contribution in [0.5, 0.6) is 0 Å². The molecular weight excluding hydrogens is 286 g/mol. The summed E-state index contributed by atoms with van der Waals surface area (Å²) in [5.74, 6) is 0.476. The molecule has 0 aromatic carbocycles. The highest BCUT2D eigenvalue weighted by molar-refractivity contribution is 7.09. The zero-order valence-corrected chi connectivity index (χ0v) is 13.6. The van der Waals surface area contributed by atoms with Crippen LogP contribution in [0.2, 0.25) is 0 Å². The molecule has 0 N–H and O–H groups in total. The summed E-state index contributed by atoms with van der Waals surface area (Å²) in [7, 11) is 2.13. The number of carbonyl (C=O) groups is 1. The van der Waals surface area contributed by atoms with Gasteiger partial charge in [-0.05, 0) is 19.9 Å². The normalized spacial score (nSPS) is 26.7. The molecule has 21 heavy (non-hydrogen) atoms. The molecule has 0 radical (unpaired) electrons. The average Bonchev–Trinajstić information content (AvgIpc) is 2.73. The zero-order chi connectivity index (χ0) is 14.8. The van der Waals surface area contributed by atoms with E-state index in [-0.39, 0.29) is 11.9 Å². The Kier molecular flexibility index (Phi) is 4.57. The van der Waals surface area contributed by atoms with Crippen molar-refractivity contribution >= 4 is 17.2 Å². The topological polar surface area (TPSA) is 45.7 Å². The third kappa shape index (κ3) is 3.27. The molecule has 2 bridgehead atoms. The van der Waals surface area contributed by atoms with E-state index in [1.54, 1.807) is 11.3 Å². The molecule has 0 unspecified atom stereocenters. The molecule has 2 aliphatic rings. The van der Waals surface area contributed by atoms with E-state index in [0.717, 1.165) is 44.1 Å². The molecular formula is C15H23N3O2S. The Morgan fingerprint density at radius 2 is 2.29 bits per heavy atom. The zero-order valence-electron chi connectivity index (χ0n) is 12.7. The second-order valence-corrected chi connectivity index (χ2v) is 7.06. The third-order valence-corrected chi connectivity index (χ3v) is 5.06. The van der Waals surface area contributed by atoms with Crippen molar-refractivity contribution in [3.05, 3.63) is 16.1 Å². The highest BCUT2D eigenvalue weighted by atomic mass is 32.1. The van der Waals surface area contributed by atoms with Gasteiger partial charge in [-0.15, -0.1) is 11.3 Å². The molecule has 5 nitrogen and oxygen atoms in total. The lowest BCUT2D eigenvalue weighted by Gasteiger charge is -2.29. The average molecular weight is 309 g/mol. The Balaban J connectivity index is 1.79. The number of hydrogen-bond acceptors (Lipinski definition) is 5. The third-order valence-electron chi connectivity index (χ3n) is 4.15. The molecule has 1 aromatic rings. The summed E-state index contributed by atoms with van der Waals surface area (Å²) in [5.41, 5.74) is 0.610. The highest BCUT2D eigenvalue weighted by Crippen LogP contribution is 2.22. The Hall–Kier alpha value is -0.980. The van der Waals surface area contributed by atoms with Gasteiger partial charge in [0.15, 0.2) is 0 Å². The maximum Gasteiger partial charge on any atom is 0.273 e. The highest BCUT2D eigenvalue weighted by Gasteiger charge is 2.35. The summed E-state index contributed by atoms with van der Waals surface area (Å²) in [5, 5.41) is 2.97. The van der Waals surface area contributed by atoms with Gasteiger partial charge in [-0.2, -0.15) is 0 Å². The van der Waals surface area contributed by atoms with Crippen molar-refractivity contribution in [2.75, 3.05) is 39.9 Å². The van der Waals surface area contributed by atoms with E-state index in [1.807, 2.05) is 10.3 Å². The summed E-state index contributed by atoms with van der Waals surface area (Å²) < 4.78 is 5.73. The summed E-state index contributed by atoms with van der Waals surface area (Å²) in [6.45, 7) is 6.19. The molecule has 6 heteroatoms. The van der Waals surface area contributed by atoms with E-state index >= 15 is 0 Å². The van der Waals surface area contributed by atoms with Crippen LogP contribution in [0.3, 0.4) is 0 Å². The smallest absolute Gasteiger partial charge is 0.273 e. The second-order valence-electron chi connectivity index (χ2n) is 6.11. The number of rotatable bonds is 3. The maximum absolute atomic E-state index is 12.8. The van der Waals surface area contributed by atoms with Gasteiger partial charge in [0.25, 0.3) is 5.91 Å². The monoisotopic (exact) mass is 309 g/mol. The van der Waals surface area contributed by atoms with Crippen LogP contribution in [0.4, 0.5) is 0 Å². The first-order valence-corrected chi connectivity index (χ1v) is 8.57. The van der Waals surface area contributed by atoms with Gasteiger partial charge in [0.05, 0.1) is 24.3 Å². The predicted octanol–water partition coefficient (Wildman–Crippen LogP) is 1.50. The van der Waals surface area contributed by atoms with Gasteiger partial charge in [0.2, 0.25) is 0 Å². The predicted molar refractivity (Wildman–Crippen MR) is 82.7 cm³/mol. The number of nitrogens with zero attached hydrogens (tertiary/aromatic N) is 3. The summed E-state index contributed by atoms with van der Waals surface area (Å²) in [6.07, 6.45) is 2.02. The molecule has 3 heterocycles. The van der Waals surface area contributed by atoms with Crippen molar-refractivity contribution in [3.8, 4) is 0 Å². The first-order chi connectivity index (χ1) is 10.2. The number of carbonyl (C=O) groups excluding carboxylic acids is 1. The molecule has 0 spiro atoms. The van der Waals surface area contributed by atoms with Crippen molar-refractivity contribution in [2.24, 2.45) is 5.92 Å². The van der Waals surface area contributed by atoms with Crippen LogP contribution in [-0.2, 0) is 11.2 Å². The summed E-state index contributed by atoms with van der Waals surface area (Å²) >= 11 is 1.60. The molecule has 1 aromatic heterocycles. The number of hydrogen-bond donors (Lipinski definition) is 0. The fourth-order valence-electron chi connectivity index (χ4n) is 3.21. The Bertz CT molecular complexity index is 505. The molecule has 0 saturated carbocycles. The number of likely N-dealkylation sites (N-methyl/N-ethyl adjacent to an activating group) is 1. The lowest BCUT2D eigenvalue weighted by Crippen LogP contribution is -2.46. The molecule has 2 atom stereocenters. The minimum atomic E-state index is 0.0735. The van der Waals surface area contributed by atoms with E-state index in [9.17, 15) is 4.79 Å².